The van der Waals surface area contributed by atoms with Gasteiger partial charge in [0.15, 0.2) is 5.96 Å². The Balaban J connectivity index is 0.000000109. The lowest BCUT2D eigenvalue weighted by molar-refractivity contribution is 0.346. The lowest BCUT2D eigenvalue weighted by atomic mass is 10.2. The van der Waals surface area contributed by atoms with E-state index in [4.69, 9.17) is 0 Å². The summed E-state index contributed by atoms with van der Waals surface area (Å²) in [7, 11) is 0. The second kappa shape index (κ2) is 11.6. The van der Waals surface area contributed by atoms with E-state index in [9.17, 15) is 0 Å². The Morgan fingerprint density at radius 1 is 0.500 bits per heavy atom. The summed E-state index contributed by atoms with van der Waals surface area (Å²) in [6, 6.07) is 0. The van der Waals surface area contributed by atoms with Crippen LogP contribution in [0.2, 0.25) is 0 Å². The second-order valence-electron chi connectivity index (χ2n) is 9.02. The molecule has 7 nitrogen and oxygen atoms in total. The van der Waals surface area contributed by atoms with Gasteiger partial charge in [-0.25, -0.2) is 0 Å². The maximum atomic E-state index is 4.55. The molecule has 0 spiro atoms. The lowest BCUT2D eigenvalue weighted by Crippen LogP contribution is -2.49. The summed E-state index contributed by atoms with van der Waals surface area (Å²) in [4.78, 5) is 20.6. The van der Waals surface area contributed by atoms with Crippen molar-refractivity contribution in [2.75, 3.05) is 65.4 Å². The monoisotopic (exact) mass is 415 g/mol. The number of amidine groups is 2. The molecule has 0 aromatic carbocycles. The van der Waals surface area contributed by atoms with Crippen LogP contribution in [0.5, 0.6) is 0 Å². The van der Waals surface area contributed by atoms with Gasteiger partial charge >= 0.3 is 0 Å². The minimum atomic E-state index is 1.01. The summed E-state index contributed by atoms with van der Waals surface area (Å²) in [5.41, 5.74) is 0. The Bertz CT molecular complexity index is 627. The zero-order chi connectivity index (χ0) is 20.4. The molecule has 0 atom stereocenters. The fraction of sp³-hybridized carbons (Fsp3) is 0.870. The Labute approximate surface area is 182 Å². The molecule has 168 valence electrons. The number of rotatable bonds is 0. The van der Waals surface area contributed by atoms with Crippen molar-refractivity contribution >= 4 is 17.6 Å². The number of guanidine groups is 1. The molecule has 6 aliphatic heterocycles. The predicted octanol–water partition coefficient (Wildman–Crippen LogP) is 2.59. The average Bonchev–Trinajstić information content (AvgIpc) is 3.17. The summed E-state index contributed by atoms with van der Waals surface area (Å²) in [5, 5.41) is 3.30. The van der Waals surface area contributed by atoms with Gasteiger partial charge in [0.2, 0.25) is 0 Å². The van der Waals surface area contributed by atoms with Gasteiger partial charge in [0.1, 0.15) is 0 Å². The third-order valence-electron chi connectivity index (χ3n) is 6.68. The Morgan fingerprint density at radius 2 is 1.07 bits per heavy atom. The van der Waals surface area contributed by atoms with Crippen LogP contribution in [0.3, 0.4) is 0 Å². The van der Waals surface area contributed by atoms with Crippen LogP contribution in [-0.2, 0) is 0 Å². The number of aliphatic imine (C=N–C) groups is 3. The van der Waals surface area contributed by atoms with Crippen LogP contribution in [0.25, 0.3) is 0 Å². The summed E-state index contributed by atoms with van der Waals surface area (Å²) in [5.74, 6) is 3.91. The second-order valence-corrected chi connectivity index (χ2v) is 9.02. The topological polar surface area (TPSA) is 58.8 Å². The largest absolute Gasteiger partial charge is 0.360 e. The van der Waals surface area contributed by atoms with E-state index in [1.165, 1.54) is 115 Å². The summed E-state index contributed by atoms with van der Waals surface area (Å²) >= 11 is 0. The predicted molar refractivity (Wildman–Crippen MR) is 126 cm³/mol. The van der Waals surface area contributed by atoms with Crippen molar-refractivity contribution in [2.24, 2.45) is 15.0 Å². The minimum Gasteiger partial charge on any atom is -0.360 e. The molecule has 0 aliphatic carbocycles. The van der Waals surface area contributed by atoms with Crippen molar-refractivity contribution in [3.05, 3.63) is 0 Å². The molecule has 30 heavy (non-hydrogen) atoms. The molecule has 3 saturated heterocycles. The molecule has 0 unspecified atom stereocenters. The third-order valence-corrected chi connectivity index (χ3v) is 6.68. The van der Waals surface area contributed by atoms with Crippen molar-refractivity contribution in [3.8, 4) is 0 Å². The van der Waals surface area contributed by atoms with Crippen LogP contribution in [0, 0.1) is 0 Å². The number of hydrogen-bond donors (Lipinski definition) is 1. The molecule has 0 amide bonds. The normalized spacial score (nSPS) is 25.3. The highest BCUT2D eigenvalue weighted by Gasteiger charge is 2.20. The van der Waals surface area contributed by atoms with Crippen molar-refractivity contribution in [1.29, 1.82) is 0 Å². The first-order valence-electron chi connectivity index (χ1n) is 12.5. The van der Waals surface area contributed by atoms with Gasteiger partial charge in [-0.05, 0) is 44.9 Å². The van der Waals surface area contributed by atoms with Gasteiger partial charge in [0.05, 0.1) is 11.7 Å². The van der Waals surface area contributed by atoms with Gasteiger partial charge < -0.3 is 20.0 Å². The van der Waals surface area contributed by atoms with Crippen LogP contribution in [0.15, 0.2) is 15.0 Å². The van der Waals surface area contributed by atoms with Crippen molar-refractivity contribution < 1.29 is 0 Å². The molecule has 0 bridgehead atoms. The van der Waals surface area contributed by atoms with E-state index in [2.05, 4.69) is 35.0 Å². The molecule has 7 heteroatoms. The summed E-state index contributed by atoms with van der Waals surface area (Å²) in [6.45, 7) is 11.7. The molecule has 0 saturated carbocycles. The van der Waals surface area contributed by atoms with Gasteiger partial charge in [0.25, 0.3) is 0 Å². The first kappa shape index (κ1) is 21.4. The van der Waals surface area contributed by atoms with Gasteiger partial charge in [-0.3, -0.25) is 15.0 Å². The van der Waals surface area contributed by atoms with Gasteiger partial charge in [0, 0.05) is 78.3 Å². The zero-order valence-electron chi connectivity index (χ0n) is 18.8. The maximum absolute atomic E-state index is 4.55. The SMILES string of the molecule is C1CCC2=NCCCN2CC1.C1CN=C2CCCN2C1.C1CN=C2NCCCN2C1. The molecule has 1 N–H and O–H groups in total. The Kier molecular flexibility index (Phi) is 8.26. The summed E-state index contributed by atoms with van der Waals surface area (Å²) < 4.78 is 0. The van der Waals surface area contributed by atoms with Crippen molar-refractivity contribution in [3.63, 3.8) is 0 Å². The van der Waals surface area contributed by atoms with Crippen LogP contribution in [0.1, 0.15) is 64.2 Å². The van der Waals surface area contributed by atoms with Gasteiger partial charge in [-0.15, -0.1) is 0 Å². The van der Waals surface area contributed by atoms with Crippen LogP contribution in [0.4, 0.5) is 0 Å². The highest BCUT2D eigenvalue weighted by molar-refractivity contribution is 5.84. The molecule has 0 radical (unpaired) electrons. The molecular formula is C23H41N7. The van der Waals surface area contributed by atoms with Gasteiger partial charge in [-0.2, -0.15) is 0 Å². The van der Waals surface area contributed by atoms with Crippen molar-refractivity contribution in [1.82, 2.24) is 20.0 Å². The number of nitrogens with zero attached hydrogens (tertiary/aromatic N) is 6. The number of nitrogens with one attached hydrogen (secondary N) is 1. The molecule has 6 heterocycles. The third kappa shape index (κ3) is 6.11. The minimum absolute atomic E-state index is 1.01. The van der Waals surface area contributed by atoms with E-state index in [1.54, 1.807) is 0 Å². The number of fused-ring (bicyclic) bond motifs is 3. The average molecular weight is 416 g/mol. The number of hydrogen-bond acceptors (Lipinski definition) is 7. The fourth-order valence-electron chi connectivity index (χ4n) is 5.05. The van der Waals surface area contributed by atoms with E-state index in [0.717, 1.165) is 32.1 Å². The van der Waals surface area contributed by atoms with E-state index in [0.29, 0.717) is 0 Å². The highest BCUT2D eigenvalue weighted by atomic mass is 15.3. The molecular weight excluding hydrogens is 374 g/mol. The van der Waals surface area contributed by atoms with Crippen molar-refractivity contribution in [2.45, 2.75) is 64.2 Å². The van der Waals surface area contributed by atoms with E-state index in [-0.39, 0.29) is 0 Å². The van der Waals surface area contributed by atoms with E-state index >= 15 is 0 Å². The quantitative estimate of drug-likeness (QED) is 0.661. The smallest absolute Gasteiger partial charge is 0.193 e. The van der Waals surface area contributed by atoms with Crippen LogP contribution < -0.4 is 5.32 Å². The molecule has 0 aromatic rings. The molecule has 6 aliphatic rings. The lowest BCUT2D eigenvalue weighted by Gasteiger charge is -2.33. The van der Waals surface area contributed by atoms with E-state index in [1.807, 2.05) is 0 Å². The summed E-state index contributed by atoms with van der Waals surface area (Å²) in [6.07, 6.45) is 13.0. The Hall–Kier alpha value is -1.79. The van der Waals surface area contributed by atoms with Gasteiger partial charge in [-0.1, -0.05) is 6.42 Å². The Morgan fingerprint density at radius 3 is 1.80 bits per heavy atom. The standard InChI is InChI=1S/C9H16N2.C7H13N3.C7H12N2/c1-2-5-9-10-6-4-8-11(9)7-3-1;1-3-8-7-9-4-2-6-10(7)5-1;1-3-7-8-4-2-6-9(7)5-1/h1-8H2;1-6H2,(H,8,9);1-6H2. The molecule has 3 fully saturated rings. The highest BCUT2D eigenvalue weighted by Crippen LogP contribution is 2.16. The van der Waals surface area contributed by atoms with Crippen LogP contribution in [-0.4, -0.2) is 97.8 Å². The first-order chi connectivity index (χ1) is 14.9. The zero-order valence-corrected chi connectivity index (χ0v) is 18.8. The first-order valence-corrected chi connectivity index (χ1v) is 12.5. The van der Waals surface area contributed by atoms with E-state index < -0.39 is 0 Å². The fourth-order valence-corrected chi connectivity index (χ4v) is 5.05. The molecule has 0 aromatic heterocycles. The molecule has 6 rings (SSSR count). The maximum Gasteiger partial charge on any atom is 0.193 e. The van der Waals surface area contributed by atoms with Crippen LogP contribution >= 0.6 is 0 Å².